The second-order valence-corrected chi connectivity index (χ2v) is 9.56. The number of carbonyl (C=O) groups excluding carboxylic acids is 1. The number of methoxy groups -OCH3 is 2. The molecule has 3 aromatic rings. The van der Waals surface area contributed by atoms with Crippen molar-refractivity contribution >= 4 is 27.5 Å². The lowest BCUT2D eigenvalue weighted by Gasteiger charge is -2.33. The Hall–Kier alpha value is -3.15. The maximum absolute atomic E-state index is 13.1. The predicted molar refractivity (Wildman–Crippen MR) is 121 cm³/mol. The minimum Gasteiger partial charge on any atom is -0.493 e. The van der Waals surface area contributed by atoms with Crippen LogP contribution < -0.4 is 9.47 Å². The highest BCUT2D eigenvalue weighted by molar-refractivity contribution is 7.89. The normalized spacial score (nSPS) is 14.8. The summed E-state index contributed by atoms with van der Waals surface area (Å²) in [7, 11) is -0.831. The third-order valence-corrected chi connectivity index (χ3v) is 7.54. The van der Waals surface area contributed by atoms with Crippen molar-refractivity contribution in [1.82, 2.24) is 24.2 Å². The van der Waals surface area contributed by atoms with Gasteiger partial charge < -0.3 is 14.4 Å². The number of halogens is 1. The third-order valence-electron chi connectivity index (χ3n) is 5.33. The number of rotatable bonds is 6. The molecule has 1 fully saturated rings. The van der Waals surface area contributed by atoms with Crippen molar-refractivity contribution in [3.63, 3.8) is 0 Å². The molecule has 0 spiro atoms. The minimum absolute atomic E-state index is 0.0996. The van der Waals surface area contributed by atoms with Crippen molar-refractivity contribution in [2.75, 3.05) is 40.4 Å². The number of amides is 1. The van der Waals surface area contributed by atoms with Crippen molar-refractivity contribution in [3.8, 4) is 17.2 Å². The smallest absolute Gasteiger partial charge is 0.276 e. The third kappa shape index (κ3) is 4.52. The van der Waals surface area contributed by atoms with E-state index in [1.807, 2.05) is 6.07 Å². The number of carbonyl (C=O) groups is 1. The van der Waals surface area contributed by atoms with Crippen molar-refractivity contribution in [3.05, 3.63) is 59.4 Å². The number of benzene rings is 2. The Labute approximate surface area is 196 Å². The Morgan fingerprint density at radius 3 is 2.36 bits per heavy atom. The van der Waals surface area contributed by atoms with E-state index in [9.17, 15) is 13.2 Å². The summed E-state index contributed by atoms with van der Waals surface area (Å²) < 4.78 is 39.3. The summed E-state index contributed by atoms with van der Waals surface area (Å²) in [5.74, 6) is 0.446. The van der Waals surface area contributed by atoms with Crippen LogP contribution in [0.2, 0.25) is 5.02 Å². The largest absolute Gasteiger partial charge is 0.493 e. The van der Waals surface area contributed by atoms with E-state index >= 15 is 0 Å². The molecule has 33 heavy (non-hydrogen) atoms. The van der Waals surface area contributed by atoms with Crippen LogP contribution >= 0.6 is 11.6 Å². The lowest BCUT2D eigenvalue weighted by atomic mass is 10.3. The summed E-state index contributed by atoms with van der Waals surface area (Å²) in [6.07, 6.45) is 1.51. The number of hydrogen-bond acceptors (Lipinski definition) is 7. The topological polar surface area (TPSA) is 107 Å². The van der Waals surface area contributed by atoms with Crippen LogP contribution in [0.15, 0.2) is 53.6 Å². The molecular formula is C21H22ClN5O5S. The average Bonchev–Trinajstić information content (AvgIpc) is 3.33. The molecule has 1 saturated heterocycles. The van der Waals surface area contributed by atoms with Crippen LogP contribution in [0.4, 0.5) is 0 Å². The second-order valence-electron chi connectivity index (χ2n) is 7.21. The fraction of sp³-hybridized carbons (Fsp3) is 0.286. The number of aromatic nitrogens is 3. The van der Waals surface area contributed by atoms with Crippen LogP contribution in [-0.2, 0) is 10.0 Å². The van der Waals surface area contributed by atoms with E-state index in [-0.39, 0.29) is 42.7 Å². The molecule has 1 amide bonds. The van der Waals surface area contributed by atoms with Crippen molar-refractivity contribution in [2.45, 2.75) is 4.90 Å². The van der Waals surface area contributed by atoms with Crippen molar-refractivity contribution < 1.29 is 22.7 Å². The van der Waals surface area contributed by atoms with E-state index in [0.29, 0.717) is 22.2 Å². The molecule has 12 heteroatoms. The van der Waals surface area contributed by atoms with Gasteiger partial charge in [-0.2, -0.15) is 4.31 Å². The highest BCUT2D eigenvalue weighted by atomic mass is 35.5. The van der Waals surface area contributed by atoms with Gasteiger partial charge in [-0.25, -0.2) is 13.1 Å². The first-order valence-corrected chi connectivity index (χ1v) is 11.9. The average molecular weight is 492 g/mol. The molecule has 0 atom stereocenters. The van der Waals surface area contributed by atoms with Crippen LogP contribution in [0.25, 0.3) is 5.69 Å². The van der Waals surface area contributed by atoms with Gasteiger partial charge in [0.1, 0.15) is 0 Å². The van der Waals surface area contributed by atoms with E-state index in [1.54, 1.807) is 29.2 Å². The molecule has 0 saturated carbocycles. The molecule has 0 bridgehead atoms. The van der Waals surface area contributed by atoms with Gasteiger partial charge in [0.25, 0.3) is 5.91 Å². The quantitative estimate of drug-likeness (QED) is 0.519. The number of hydrogen-bond donors (Lipinski definition) is 0. The lowest BCUT2D eigenvalue weighted by Crippen LogP contribution is -2.50. The fourth-order valence-corrected chi connectivity index (χ4v) is 5.20. The minimum atomic E-state index is -3.76. The molecule has 2 aromatic carbocycles. The molecule has 0 unspecified atom stereocenters. The summed E-state index contributed by atoms with van der Waals surface area (Å²) in [6, 6.07) is 11.5. The van der Waals surface area contributed by atoms with E-state index in [1.165, 1.54) is 41.5 Å². The Kier molecular flexibility index (Phi) is 6.54. The van der Waals surface area contributed by atoms with Gasteiger partial charge in [0, 0.05) is 32.2 Å². The van der Waals surface area contributed by atoms with Gasteiger partial charge in [-0.1, -0.05) is 28.9 Å². The molecule has 0 N–H and O–H groups in total. The zero-order chi connectivity index (χ0) is 23.6. The van der Waals surface area contributed by atoms with E-state index in [0.717, 1.165) is 0 Å². The first-order chi connectivity index (χ1) is 15.8. The summed E-state index contributed by atoms with van der Waals surface area (Å²) in [6.45, 7) is 0.761. The highest BCUT2D eigenvalue weighted by Crippen LogP contribution is 2.31. The van der Waals surface area contributed by atoms with Crippen molar-refractivity contribution in [2.24, 2.45) is 0 Å². The Bertz CT molecular complexity index is 1270. The second kappa shape index (κ2) is 9.38. The highest BCUT2D eigenvalue weighted by Gasteiger charge is 2.32. The first-order valence-electron chi connectivity index (χ1n) is 10.0. The number of para-hydroxylation sites is 1. The van der Waals surface area contributed by atoms with Gasteiger partial charge in [-0.15, -0.1) is 5.10 Å². The van der Waals surface area contributed by atoms with Crippen molar-refractivity contribution in [1.29, 1.82) is 0 Å². The molecule has 174 valence electrons. The molecule has 1 aromatic heterocycles. The molecule has 10 nitrogen and oxygen atoms in total. The summed E-state index contributed by atoms with van der Waals surface area (Å²) in [5.41, 5.74) is 0.766. The predicted octanol–water partition coefficient (Wildman–Crippen LogP) is 2.08. The van der Waals surface area contributed by atoms with Crippen LogP contribution in [0, 0.1) is 0 Å². The van der Waals surface area contributed by atoms with Gasteiger partial charge in [0.15, 0.2) is 17.2 Å². The molecule has 1 aliphatic heterocycles. The van der Waals surface area contributed by atoms with Gasteiger partial charge >= 0.3 is 0 Å². The first kappa shape index (κ1) is 23.0. The number of nitrogens with zero attached hydrogens (tertiary/aromatic N) is 5. The Morgan fingerprint density at radius 1 is 1.00 bits per heavy atom. The number of piperazine rings is 1. The molecule has 4 rings (SSSR count). The Balaban J connectivity index is 1.45. The maximum atomic E-state index is 13.1. The van der Waals surface area contributed by atoms with E-state index in [4.69, 9.17) is 21.1 Å². The van der Waals surface area contributed by atoms with Crippen LogP contribution in [0.1, 0.15) is 10.5 Å². The Morgan fingerprint density at radius 2 is 1.70 bits per heavy atom. The van der Waals surface area contributed by atoms with E-state index < -0.39 is 10.0 Å². The molecule has 1 aliphatic rings. The summed E-state index contributed by atoms with van der Waals surface area (Å²) in [4.78, 5) is 14.5. The zero-order valence-electron chi connectivity index (χ0n) is 18.0. The monoisotopic (exact) mass is 491 g/mol. The molecule has 0 aliphatic carbocycles. The van der Waals surface area contributed by atoms with E-state index in [2.05, 4.69) is 10.3 Å². The van der Waals surface area contributed by atoms with Gasteiger partial charge in [-0.3, -0.25) is 4.79 Å². The van der Waals surface area contributed by atoms with Gasteiger partial charge in [0.2, 0.25) is 10.0 Å². The SMILES string of the molecule is COc1ccc(S(=O)(=O)N2CCN(C(=O)c3cn(-c4ccccc4Cl)nn3)CC2)cc1OC. The van der Waals surface area contributed by atoms with Crippen LogP contribution in [0.5, 0.6) is 11.5 Å². The maximum Gasteiger partial charge on any atom is 0.276 e. The standard InChI is InChI=1S/C21H22ClN5O5S/c1-31-19-8-7-15(13-20(19)32-2)33(29,30)26-11-9-25(10-12-26)21(28)17-14-27(24-23-17)18-6-4-3-5-16(18)22/h3-8,13-14H,9-12H2,1-2H3. The summed E-state index contributed by atoms with van der Waals surface area (Å²) >= 11 is 6.18. The lowest BCUT2D eigenvalue weighted by molar-refractivity contribution is 0.0692. The molecule has 0 radical (unpaired) electrons. The van der Waals surface area contributed by atoms with Gasteiger partial charge in [0.05, 0.1) is 36.0 Å². The molecule has 2 heterocycles. The number of ether oxygens (including phenoxy) is 2. The zero-order valence-corrected chi connectivity index (χ0v) is 19.6. The van der Waals surface area contributed by atoms with Gasteiger partial charge in [-0.05, 0) is 24.3 Å². The van der Waals surface area contributed by atoms with Crippen LogP contribution in [0.3, 0.4) is 0 Å². The number of sulfonamides is 1. The summed E-state index contributed by atoms with van der Waals surface area (Å²) in [5, 5.41) is 8.44. The molecular weight excluding hydrogens is 470 g/mol. The fourth-order valence-electron chi connectivity index (χ4n) is 3.54. The van der Waals surface area contributed by atoms with Crippen LogP contribution in [-0.4, -0.2) is 78.9 Å².